The fourth-order valence-electron chi connectivity index (χ4n) is 3.92. The number of aliphatic hydroxyl groups excluding tert-OH is 1. The molecule has 0 radical (unpaired) electrons. The number of hydrogen-bond acceptors (Lipinski definition) is 5. The minimum absolute atomic E-state index is 0.0944. The lowest BCUT2D eigenvalue weighted by atomic mass is 9.92. The minimum atomic E-state index is -0.767. The number of aliphatic hydroxyl groups is 1. The number of hydrogen-bond donors (Lipinski definition) is 1. The third-order valence-electron chi connectivity index (χ3n) is 5.43. The molecule has 2 heterocycles. The number of ketones is 1. The van der Waals surface area contributed by atoms with Crippen molar-refractivity contribution in [3.8, 4) is 5.75 Å². The van der Waals surface area contributed by atoms with E-state index in [1.54, 1.807) is 24.3 Å². The Morgan fingerprint density at radius 3 is 2.52 bits per heavy atom. The number of nitrogens with zero attached hydrogens (tertiary/aromatic N) is 1. The minimum Gasteiger partial charge on any atom is -0.503 e. The first kappa shape index (κ1) is 20.5. The molecule has 6 heteroatoms. The summed E-state index contributed by atoms with van der Waals surface area (Å²) in [6, 6.07) is 19.6. The maximum Gasteiger partial charge on any atom is 0.290 e. The molecule has 0 saturated heterocycles. The Morgan fingerprint density at radius 1 is 1.06 bits per heavy atom. The van der Waals surface area contributed by atoms with E-state index in [2.05, 4.69) is 0 Å². The number of ether oxygens (including phenoxy) is 1. The van der Waals surface area contributed by atoms with Crippen molar-refractivity contribution in [3.63, 3.8) is 0 Å². The summed E-state index contributed by atoms with van der Waals surface area (Å²) in [6.45, 7) is 0.119. The first-order valence-electron chi connectivity index (χ1n) is 10.1. The summed E-state index contributed by atoms with van der Waals surface area (Å²) in [7, 11) is 1.53. The Kier molecular flexibility index (Phi) is 5.89. The van der Waals surface area contributed by atoms with Gasteiger partial charge in [0.1, 0.15) is 11.5 Å². The van der Waals surface area contributed by atoms with Crippen LogP contribution in [0.1, 0.15) is 29.3 Å². The molecule has 0 saturated carbocycles. The molecule has 1 aromatic heterocycles. The summed E-state index contributed by atoms with van der Waals surface area (Å²) in [5.41, 5.74) is 1.75. The molecule has 0 spiro atoms. The number of para-hydroxylation sites is 1. The largest absolute Gasteiger partial charge is 0.503 e. The number of aryl methyl sites for hydroxylation is 1. The van der Waals surface area contributed by atoms with Gasteiger partial charge < -0.3 is 19.2 Å². The molecule has 6 nitrogen and oxygen atoms in total. The maximum atomic E-state index is 13.2. The van der Waals surface area contributed by atoms with E-state index >= 15 is 0 Å². The van der Waals surface area contributed by atoms with Crippen molar-refractivity contribution >= 4 is 11.7 Å². The number of benzene rings is 2. The normalized spacial score (nSPS) is 16.1. The van der Waals surface area contributed by atoms with Gasteiger partial charge >= 0.3 is 0 Å². The van der Waals surface area contributed by atoms with Crippen molar-refractivity contribution in [2.24, 2.45) is 0 Å². The molecular formula is C25H23NO5. The van der Waals surface area contributed by atoms with Gasteiger partial charge in [0.2, 0.25) is 0 Å². The fourth-order valence-corrected chi connectivity index (χ4v) is 3.92. The Hall–Kier alpha value is -3.80. The van der Waals surface area contributed by atoms with Crippen molar-refractivity contribution in [2.75, 3.05) is 7.11 Å². The number of amides is 1. The van der Waals surface area contributed by atoms with Gasteiger partial charge in [-0.1, -0.05) is 48.5 Å². The highest BCUT2D eigenvalue weighted by Gasteiger charge is 2.44. The molecule has 31 heavy (non-hydrogen) atoms. The number of methoxy groups -OCH3 is 1. The highest BCUT2D eigenvalue weighted by Crippen LogP contribution is 2.42. The van der Waals surface area contributed by atoms with Crippen molar-refractivity contribution in [3.05, 3.63) is 101 Å². The SMILES string of the molecule is COc1ccccc1C1C(C(=O)CCc2ccccc2)=C(O)C(=O)N1Cc1ccco1. The topological polar surface area (TPSA) is 80.0 Å². The monoisotopic (exact) mass is 417 g/mol. The second-order valence-corrected chi connectivity index (χ2v) is 7.33. The van der Waals surface area contributed by atoms with Crippen LogP contribution in [0, 0.1) is 0 Å². The van der Waals surface area contributed by atoms with Crippen LogP contribution in [-0.2, 0) is 22.6 Å². The first-order chi connectivity index (χ1) is 15.1. The quantitative estimate of drug-likeness (QED) is 0.588. The molecule has 3 aromatic rings. The first-order valence-corrected chi connectivity index (χ1v) is 10.1. The lowest BCUT2D eigenvalue weighted by Gasteiger charge is -2.27. The average molecular weight is 417 g/mol. The predicted molar refractivity (Wildman–Crippen MR) is 114 cm³/mol. The maximum absolute atomic E-state index is 13.2. The van der Waals surface area contributed by atoms with Gasteiger partial charge in [0.05, 0.1) is 31.5 Å². The molecule has 4 rings (SSSR count). The number of carbonyl (C=O) groups is 2. The van der Waals surface area contributed by atoms with Crippen LogP contribution in [0.4, 0.5) is 0 Å². The zero-order chi connectivity index (χ0) is 21.8. The number of furan rings is 1. The van der Waals surface area contributed by atoms with Gasteiger partial charge in [-0.15, -0.1) is 0 Å². The number of rotatable bonds is 8. The van der Waals surface area contributed by atoms with Crippen LogP contribution in [0.3, 0.4) is 0 Å². The molecule has 1 atom stereocenters. The second-order valence-electron chi connectivity index (χ2n) is 7.33. The zero-order valence-electron chi connectivity index (χ0n) is 17.2. The van der Waals surface area contributed by atoms with Crippen LogP contribution in [0.5, 0.6) is 5.75 Å². The molecule has 0 fully saturated rings. The van der Waals surface area contributed by atoms with E-state index in [-0.39, 0.29) is 24.3 Å². The van der Waals surface area contributed by atoms with E-state index in [1.165, 1.54) is 18.3 Å². The van der Waals surface area contributed by atoms with Gasteiger partial charge in [-0.25, -0.2) is 0 Å². The molecule has 158 valence electrons. The van der Waals surface area contributed by atoms with E-state index in [1.807, 2.05) is 42.5 Å². The van der Waals surface area contributed by atoms with E-state index in [0.717, 1.165) is 5.56 Å². The summed E-state index contributed by atoms with van der Waals surface area (Å²) in [5.74, 6) is -0.296. The van der Waals surface area contributed by atoms with Crippen LogP contribution in [0.25, 0.3) is 0 Å². The van der Waals surface area contributed by atoms with Crippen LogP contribution >= 0.6 is 0 Å². The zero-order valence-corrected chi connectivity index (χ0v) is 17.2. The van der Waals surface area contributed by atoms with Gasteiger partial charge in [0.15, 0.2) is 11.5 Å². The van der Waals surface area contributed by atoms with Crippen molar-refractivity contribution in [2.45, 2.75) is 25.4 Å². The number of carbonyl (C=O) groups excluding carboxylic acids is 2. The Balaban J connectivity index is 1.70. The average Bonchev–Trinajstić information content (AvgIpc) is 3.40. The van der Waals surface area contributed by atoms with Crippen LogP contribution in [0.15, 0.2) is 88.7 Å². The molecule has 1 aliphatic rings. The third-order valence-corrected chi connectivity index (χ3v) is 5.43. The Bertz CT molecular complexity index is 1100. The van der Waals surface area contributed by atoms with Gasteiger partial charge in [-0.3, -0.25) is 9.59 Å². The lowest BCUT2D eigenvalue weighted by Crippen LogP contribution is -2.30. The summed E-state index contributed by atoms with van der Waals surface area (Å²) >= 11 is 0. The van der Waals surface area contributed by atoms with E-state index in [4.69, 9.17) is 9.15 Å². The Labute approximate surface area is 180 Å². The summed E-state index contributed by atoms with van der Waals surface area (Å²) in [6.07, 6.45) is 2.21. The standard InChI is InChI=1S/C25H23NO5/c1-30-21-12-6-5-11-19(21)23-22(20(27)14-13-17-8-3-2-4-9-17)24(28)25(29)26(23)16-18-10-7-15-31-18/h2-12,15,23,28H,13-14,16H2,1H3. The molecule has 1 amide bonds. The van der Waals surface area contributed by atoms with Crippen LogP contribution in [-0.4, -0.2) is 28.8 Å². The molecule has 2 aromatic carbocycles. The smallest absolute Gasteiger partial charge is 0.290 e. The molecule has 0 bridgehead atoms. The van der Waals surface area contributed by atoms with Crippen molar-refractivity contribution < 1.29 is 23.8 Å². The molecule has 1 aliphatic heterocycles. The van der Waals surface area contributed by atoms with Gasteiger partial charge in [-0.05, 0) is 30.2 Å². The van der Waals surface area contributed by atoms with Crippen LogP contribution < -0.4 is 4.74 Å². The van der Waals surface area contributed by atoms with Gasteiger partial charge in [-0.2, -0.15) is 0 Å². The molecular weight excluding hydrogens is 394 g/mol. The van der Waals surface area contributed by atoms with Crippen molar-refractivity contribution in [1.82, 2.24) is 4.90 Å². The summed E-state index contributed by atoms with van der Waals surface area (Å²) in [4.78, 5) is 27.7. The van der Waals surface area contributed by atoms with E-state index in [0.29, 0.717) is 23.5 Å². The highest BCUT2D eigenvalue weighted by atomic mass is 16.5. The van der Waals surface area contributed by atoms with E-state index < -0.39 is 17.7 Å². The summed E-state index contributed by atoms with van der Waals surface area (Å²) in [5, 5.41) is 10.7. The van der Waals surface area contributed by atoms with Gasteiger partial charge in [0.25, 0.3) is 5.91 Å². The predicted octanol–water partition coefficient (Wildman–Crippen LogP) is 4.39. The fraction of sp³-hybridized carbons (Fsp3) is 0.200. The molecule has 1 N–H and O–H groups in total. The summed E-state index contributed by atoms with van der Waals surface area (Å²) < 4.78 is 10.9. The highest BCUT2D eigenvalue weighted by molar-refractivity contribution is 6.09. The third kappa shape index (κ3) is 4.10. The van der Waals surface area contributed by atoms with Crippen LogP contribution in [0.2, 0.25) is 0 Å². The van der Waals surface area contributed by atoms with Gasteiger partial charge in [0, 0.05) is 12.0 Å². The molecule has 1 unspecified atom stereocenters. The second kappa shape index (κ2) is 8.92. The molecule has 0 aliphatic carbocycles. The number of Topliss-reactive ketones (excluding diaryl/α,β-unsaturated/α-hetero) is 1. The lowest BCUT2D eigenvalue weighted by molar-refractivity contribution is -0.130. The Morgan fingerprint density at radius 2 is 1.81 bits per heavy atom. The van der Waals surface area contributed by atoms with E-state index in [9.17, 15) is 14.7 Å². The van der Waals surface area contributed by atoms with Crippen molar-refractivity contribution in [1.29, 1.82) is 0 Å².